The molecule has 0 bridgehead atoms. The molecule has 1 aliphatic heterocycles. The lowest BCUT2D eigenvalue weighted by molar-refractivity contribution is -0.138. The Morgan fingerprint density at radius 2 is 2.15 bits per heavy atom. The zero-order valence-corrected chi connectivity index (χ0v) is 12.8. The van der Waals surface area contributed by atoms with E-state index in [9.17, 15) is 9.90 Å². The van der Waals surface area contributed by atoms with E-state index in [2.05, 4.69) is 26.8 Å². The van der Waals surface area contributed by atoms with E-state index in [4.69, 9.17) is 4.74 Å². The minimum Gasteiger partial charge on any atom is -0.497 e. The molecule has 0 saturated carbocycles. The van der Waals surface area contributed by atoms with E-state index >= 15 is 0 Å². The van der Waals surface area contributed by atoms with Crippen LogP contribution in [0, 0.1) is 0 Å². The van der Waals surface area contributed by atoms with Crippen molar-refractivity contribution in [2.45, 2.75) is 51.6 Å². The second kappa shape index (κ2) is 5.00. The second-order valence-electron chi connectivity index (χ2n) is 6.23. The Kier molecular flexibility index (Phi) is 3.67. The Morgan fingerprint density at radius 1 is 1.50 bits per heavy atom. The van der Waals surface area contributed by atoms with E-state index in [1.807, 2.05) is 17.0 Å². The van der Waals surface area contributed by atoms with Crippen LogP contribution in [0.3, 0.4) is 0 Å². The molecule has 1 aliphatic rings. The molecule has 0 fully saturated rings. The van der Waals surface area contributed by atoms with Gasteiger partial charge in [0.2, 0.25) is 0 Å². The van der Waals surface area contributed by atoms with Crippen LogP contribution in [0.1, 0.15) is 45.6 Å². The number of methoxy groups -OCH3 is 1. The molecule has 20 heavy (non-hydrogen) atoms. The van der Waals surface area contributed by atoms with Crippen LogP contribution in [0.5, 0.6) is 5.75 Å². The number of carboxylic acid groups (broad SMARTS) is 1. The summed E-state index contributed by atoms with van der Waals surface area (Å²) in [5.74, 6) is 0.362. The summed E-state index contributed by atoms with van der Waals surface area (Å²) >= 11 is 0. The largest absolute Gasteiger partial charge is 0.497 e. The van der Waals surface area contributed by atoms with Gasteiger partial charge in [0.15, 0.2) is 0 Å². The van der Waals surface area contributed by atoms with Crippen molar-refractivity contribution in [1.29, 1.82) is 0 Å². The number of carbonyl (C=O) groups is 1. The van der Waals surface area contributed by atoms with Crippen LogP contribution in [0.25, 0.3) is 0 Å². The lowest BCUT2D eigenvalue weighted by atomic mass is 9.79. The van der Waals surface area contributed by atoms with Crippen molar-refractivity contribution in [2.24, 2.45) is 0 Å². The molecule has 2 atom stereocenters. The molecule has 0 spiro atoms. The van der Waals surface area contributed by atoms with Crippen LogP contribution >= 0.6 is 0 Å². The van der Waals surface area contributed by atoms with Crippen LogP contribution in [0.4, 0.5) is 5.69 Å². The molecule has 0 aliphatic carbocycles. The molecular formula is C16H23NO3. The van der Waals surface area contributed by atoms with Crippen molar-refractivity contribution in [2.75, 3.05) is 12.0 Å². The average molecular weight is 277 g/mol. The average Bonchev–Trinajstić information content (AvgIpc) is 2.36. The van der Waals surface area contributed by atoms with Crippen molar-refractivity contribution < 1.29 is 14.6 Å². The maximum Gasteiger partial charge on any atom is 0.326 e. The quantitative estimate of drug-likeness (QED) is 0.921. The second-order valence-corrected chi connectivity index (χ2v) is 6.23. The molecule has 110 valence electrons. The summed E-state index contributed by atoms with van der Waals surface area (Å²) in [6.45, 7) is 8.13. The molecule has 1 heterocycles. The van der Waals surface area contributed by atoms with Crippen LogP contribution < -0.4 is 9.64 Å². The Bertz CT molecular complexity index is 524. The van der Waals surface area contributed by atoms with Gasteiger partial charge in [0.1, 0.15) is 11.8 Å². The first-order valence-corrected chi connectivity index (χ1v) is 6.98. The van der Waals surface area contributed by atoms with Gasteiger partial charge in [-0.05, 0) is 44.7 Å². The van der Waals surface area contributed by atoms with Gasteiger partial charge in [-0.25, -0.2) is 4.79 Å². The Labute approximate surface area is 120 Å². The number of rotatable bonds is 3. The molecule has 4 heteroatoms. The molecule has 0 unspecified atom stereocenters. The summed E-state index contributed by atoms with van der Waals surface area (Å²) in [6, 6.07) is 5.38. The number of hydrogen-bond acceptors (Lipinski definition) is 3. The highest BCUT2D eigenvalue weighted by molar-refractivity contribution is 5.80. The van der Waals surface area contributed by atoms with Crippen LogP contribution in [0.2, 0.25) is 0 Å². The number of ether oxygens (including phenoxy) is 1. The van der Waals surface area contributed by atoms with Gasteiger partial charge >= 0.3 is 5.97 Å². The van der Waals surface area contributed by atoms with E-state index in [1.165, 1.54) is 5.56 Å². The van der Waals surface area contributed by atoms with Gasteiger partial charge in [-0.3, -0.25) is 0 Å². The molecule has 2 rings (SSSR count). The summed E-state index contributed by atoms with van der Waals surface area (Å²) in [7, 11) is 1.63. The topological polar surface area (TPSA) is 49.8 Å². The van der Waals surface area contributed by atoms with Gasteiger partial charge in [-0.2, -0.15) is 0 Å². The van der Waals surface area contributed by atoms with Crippen molar-refractivity contribution >= 4 is 11.7 Å². The highest BCUT2D eigenvalue weighted by Gasteiger charge is 2.40. The number of anilines is 1. The molecular weight excluding hydrogens is 254 g/mol. The third kappa shape index (κ3) is 2.35. The first-order valence-electron chi connectivity index (χ1n) is 6.98. The minimum absolute atomic E-state index is 0.198. The summed E-state index contributed by atoms with van der Waals surface area (Å²) < 4.78 is 5.30. The normalized spacial score (nSPS) is 22.1. The third-order valence-corrected chi connectivity index (χ3v) is 4.23. The van der Waals surface area contributed by atoms with E-state index in [1.54, 1.807) is 14.0 Å². The summed E-state index contributed by atoms with van der Waals surface area (Å²) in [6.07, 6.45) is 0.934. The van der Waals surface area contributed by atoms with Crippen LogP contribution in [-0.4, -0.2) is 29.8 Å². The van der Waals surface area contributed by atoms with Crippen LogP contribution in [0.15, 0.2) is 18.2 Å². The van der Waals surface area contributed by atoms with Gasteiger partial charge in [-0.15, -0.1) is 0 Å². The van der Waals surface area contributed by atoms with Gasteiger partial charge in [0.25, 0.3) is 0 Å². The summed E-state index contributed by atoms with van der Waals surface area (Å²) in [5, 5.41) is 9.41. The van der Waals surface area contributed by atoms with Gasteiger partial charge in [0.05, 0.1) is 7.11 Å². The van der Waals surface area contributed by atoms with E-state index < -0.39 is 12.0 Å². The lowest BCUT2D eigenvalue weighted by Crippen LogP contribution is -2.55. The van der Waals surface area contributed by atoms with Crippen LogP contribution in [-0.2, 0) is 4.79 Å². The highest BCUT2D eigenvalue weighted by atomic mass is 16.5. The number of benzene rings is 1. The Balaban J connectivity index is 2.59. The fourth-order valence-electron chi connectivity index (χ4n) is 3.40. The first kappa shape index (κ1) is 14.7. The molecule has 4 nitrogen and oxygen atoms in total. The van der Waals surface area contributed by atoms with E-state index in [0.717, 1.165) is 17.9 Å². The maximum absolute atomic E-state index is 11.5. The van der Waals surface area contributed by atoms with Crippen molar-refractivity contribution in [3.8, 4) is 5.75 Å². The Morgan fingerprint density at radius 3 is 2.70 bits per heavy atom. The standard InChI is InChI=1S/C16H23NO3/c1-10-9-16(3,4)17(11(2)15(18)19)14-8-12(20-5)6-7-13(10)14/h6-8,10-11H,9H2,1-5H3,(H,18,19)/t10-,11-/m0/s1. The van der Waals surface area contributed by atoms with Crippen molar-refractivity contribution in [3.05, 3.63) is 23.8 Å². The van der Waals surface area contributed by atoms with Crippen molar-refractivity contribution in [3.63, 3.8) is 0 Å². The predicted octanol–water partition coefficient (Wildman–Crippen LogP) is 3.26. The third-order valence-electron chi connectivity index (χ3n) is 4.23. The SMILES string of the molecule is COc1ccc2c(c1)N([C@@H](C)C(=O)O)C(C)(C)C[C@@H]2C. The molecule has 0 amide bonds. The monoisotopic (exact) mass is 277 g/mol. The fourth-order valence-corrected chi connectivity index (χ4v) is 3.40. The number of carboxylic acids is 1. The molecule has 0 saturated heterocycles. The summed E-state index contributed by atoms with van der Waals surface area (Å²) in [4.78, 5) is 13.5. The van der Waals surface area contributed by atoms with Gasteiger partial charge in [0, 0.05) is 17.3 Å². The Hall–Kier alpha value is -1.71. The molecule has 1 aromatic rings. The van der Waals surface area contributed by atoms with Gasteiger partial charge in [-0.1, -0.05) is 13.0 Å². The zero-order chi connectivity index (χ0) is 15.1. The smallest absolute Gasteiger partial charge is 0.326 e. The molecule has 1 N–H and O–H groups in total. The fraction of sp³-hybridized carbons (Fsp3) is 0.562. The minimum atomic E-state index is -0.804. The molecule has 1 aromatic carbocycles. The molecule has 0 radical (unpaired) electrons. The van der Waals surface area contributed by atoms with Gasteiger partial charge < -0.3 is 14.7 Å². The van der Waals surface area contributed by atoms with E-state index in [-0.39, 0.29) is 5.54 Å². The predicted molar refractivity (Wildman–Crippen MR) is 79.7 cm³/mol. The number of hydrogen-bond donors (Lipinski definition) is 1. The number of aliphatic carboxylic acids is 1. The maximum atomic E-state index is 11.5. The zero-order valence-electron chi connectivity index (χ0n) is 12.8. The van der Waals surface area contributed by atoms with Crippen molar-refractivity contribution in [1.82, 2.24) is 0 Å². The van der Waals surface area contributed by atoms with E-state index in [0.29, 0.717) is 5.92 Å². The molecule has 0 aromatic heterocycles. The summed E-state index contributed by atoms with van der Waals surface area (Å²) in [5.41, 5.74) is 1.97. The highest BCUT2D eigenvalue weighted by Crippen LogP contribution is 2.45. The lowest BCUT2D eigenvalue weighted by Gasteiger charge is -2.49. The first-order chi connectivity index (χ1) is 9.27. The number of fused-ring (bicyclic) bond motifs is 1. The number of nitrogens with zero attached hydrogens (tertiary/aromatic N) is 1.